The molecule has 4 aromatic carbocycles. The zero-order chi connectivity index (χ0) is 24.3. The van der Waals surface area contributed by atoms with Gasteiger partial charge in [-0.1, -0.05) is 60.4 Å². The molecule has 0 radical (unpaired) electrons. The average molecular weight is 466 g/mol. The highest BCUT2D eigenvalue weighted by Crippen LogP contribution is 2.21. The molecule has 0 fully saturated rings. The van der Waals surface area contributed by atoms with Gasteiger partial charge in [0.25, 0.3) is 5.91 Å². The van der Waals surface area contributed by atoms with E-state index in [1.54, 1.807) is 19.2 Å². The highest BCUT2D eigenvalue weighted by molar-refractivity contribution is 6.06. The molecule has 4 rings (SSSR count). The van der Waals surface area contributed by atoms with E-state index in [1.807, 2.05) is 60.7 Å². The van der Waals surface area contributed by atoms with Gasteiger partial charge in [0.2, 0.25) is 0 Å². The minimum absolute atomic E-state index is 0.240. The predicted octanol–water partition coefficient (Wildman–Crippen LogP) is 5.53. The molecule has 0 saturated carbocycles. The van der Waals surface area contributed by atoms with Crippen molar-refractivity contribution < 1.29 is 19.0 Å². The molecule has 0 heterocycles. The molecule has 0 aliphatic heterocycles. The summed E-state index contributed by atoms with van der Waals surface area (Å²) in [6.45, 7) is 1.80. The Balaban J connectivity index is 1.38. The molecule has 0 bridgehead atoms. The van der Waals surface area contributed by atoms with Crippen LogP contribution in [0, 0.1) is 11.8 Å². The molecule has 0 aliphatic carbocycles. The number of carbonyl (C=O) groups is 1. The summed E-state index contributed by atoms with van der Waals surface area (Å²) in [5.41, 5.74) is 3.00. The van der Waals surface area contributed by atoms with Gasteiger partial charge in [-0.05, 0) is 53.2 Å². The molecule has 5 nitrogen and oxygen atoms in total. The fourth-order valence-electron chi connectivity index (χ4n) is 3.54. The number of nitrogens with one attached hydrogen (secondary N) is 1. The van der Waals surface area contributed by atoms with Crippen LogP contribution >= 0.6 is 0 Å². The monoisotopic (exact) mass is 465 g/mol. The quantitative estimate of drug-likeness (QED) is 0.261. The Morgan fingerprint density at radius 2 is 1.51 bits per heavy atom. The fourth-order valence-corrected chi connectivity index (χ4v) is 3.54. The SMILES string of the molecule is COCCOCCOc1ccccc1C(=O)Nc1ccc(C#Cc2cccc3ccccc23)cc1. The first kappa shape index (κ1) is 24.0. The molecule has 5 heteroatoms. The van der Waals surface area contributed by atoms with Crippen LogP contribution in [0.1, 0.15) is 21.5 Å². The van der Waals surface area contributed by atoms with Gasteiger partial charge in [-0.25, -0.2) is 0 Å². The van der Waals surface area contributed by atoms with Crippen LogP contribution < -0.4 is 10.1 Å². The molecule has 35 heavy (non-hydrogen) atoms. The molecule has 176 valence electrons. The van der Waals surface area contributed by atoms with Crippen LogP contribution in [0.2, 0.25) is 0 Å². The molecule has 0 unspecified atom stereocenters. The van der Waals surface area contributed by atoms with Crippen LogP contribution in [-0.4, -0.2) is 39.4 Å². The zero-order valence-electron chi connectivity index (χ0n) is 19.6. The van der Waals surface area contributed by atoms with Crippen LogP contribution in [0.15, 0.2) is 91.0 Å². The third-order valence-corrected chi connectivity index (χ3v) is 5.32. The molecule has 1 N–H and O–H groups in total. The lowest BCUT2D eigenvalue weighted by atomic mass is 10.0. The number of rotatable bonds is 9. The molecular formula is C30H27NO4. The third-order valence-electron chi connectivity index (χ3n) is 5.32. The number of carbonyl (C=O) groups excluding carboxylic acids is 1. The summed E-state index contributed by atoms with van der Waals surface area (Å²) in [6.07, 6.45) is 0. The second kappa shape index (κ2) is 12.4. The van der Waals surface area contributed by atoms with Crippen molar-refractivity contribution in [3.8, 4) is 17.6 Å². The third kappa shape index (κ3) is 6.70. The van der Waals surface area contributed by atoms with Gasteiger partial charge in [0.15, 0.2) is 0 Å². The lowest BCUT2D eigenvalue weighted by Crippen LogP contribution is -2.15. The van der Waals surface area contributed by atoms with Crippen molar-refractivity contribution in [2.24, 2.45) is 0 Å². The van der Waals surface area contributed by atoms with Crippen LogP contribution in [0.5, 0.6) is 5.75 Å². The van der Waals surface area contributed by atoms with Crippen LogP contribution in [0.3, 0.4) is 0 Å². The number of hydrogen-bond donors (Lipinski definition) is 1. The first-order valence-corrected chi connectivity index (χ1v) is 11.4. The number of methoxy groups -OCH3 is 1. The Morgan fingerprint density at radius 1 is 0.771 bits per heavy atom. The van der Waals surface area contributed by atoms with Crippen LogP contribution in [0.25, 0.3) is 10.8 Å². The number of hydrogen-bond acceptors (Lipinski definition) is 4. The summed E-state index contributed by atoms with van der Waals surface area (Å²) in [6, 6.07) is 29.0. The summed E-state index contributed by atoms with van der Waals surface area (Å²) in [4.78, 5) is 12.9. The van der Waals surface area contributed by atoms with Crippen molar-refractivity contribution in [1.82, 2.24) is 0 Å². The standard InChI is InChI=1S/C30H27NO4/c1-33-19-20-34-21-22-35-29-12-5-4-11-28(29)30(32)31-26-17-14-23(15-18-26)13-16-25-9-6-8-24-7-2-3-10-27(24)25/h2-12,14-15,17-18H,19-22H2,1H3,(H,31,32). The van der Waals surface area contributed by atoms with E-state index >= 15 is 0 Å². The van der Waals surface area contributed by atoms with Crippen molar-refractivity contribution in [1.29, 1.82) is 0 Å². The van der Waals surface area contributed by atoms with Crippen molar-refractivity contribution in [2.45, 2.75) is 0 Å². The van der Waals surface area contributed by atoms with Crippen molar-refractivity contribution in [3.05, 3.63) is 108 Å². The number of amides is 1. The van der Waals surface area contributed by atoms with E-state index in [-0.39, 0.29) is 5.91 Å². The summed E-state index contributed by atoms with van der Waals surface area (Å²) in [5, 5.41) is 5.23. The van der Waals surface area contributed by atoms with Gasteiger partial charge in [0, 0.05) is 23.9 Å². The smallest absolute Gasteiger partial charge is 0.259 e. The average Bonchev–Trinajstić information content (AvgIpc) is 2.90. The minimum Gasteiger partial charge on any atom is -0.490 e. The van der Waals surface area contributed by atoms with Crippen molar-refractivity contribution in [3.63, 3.8) is 0 Å². The molecule has 4 aromatic rings. The lowest BCUT2D eigenvalue weighted by Gasteiger charge is -2.12. The number of fused-ring (bicyclic) bond motifs is 1. The molecule has 0 saturated heterocycles. The predicted molar refractivity (Wildman–Crippen MR) is 139 cm³/mol. The Hall–Kier alpha value is -4.11. The maximum atomic E-state index is 12.9. The highest BCUT2D eigenvalue weighted by atomic mass is 16.5. The zero-order valence-corrected chi connectivity index (χ0v) is 19.6. The van der Waals surface area contributed by atoms with Gasteiger partial charge >= 0.3 is 0 Å². The second-order valence-electron chi connectivity index (χ2n) is 7.76. The van der Waals surface area contributed by atoms with E-state index in [0.717, 1.165) is 16.5 Å². The van der Waals surface area contributed by atoms with E-state index in [4.69, 9.17) is 14.2 Å². The summed E-state index contributed by atoms with van der Waals surface area (Å²) >= 11 is 0. The van der Waals surface area contributed by atoms with Gasteiger partial charge in [-0.2, -0.15) is 0 Å². The van der Waals surface area contributed by atoms with Gasteiger partial charge in [0.05, 0.1) is 25.4 Å². The summed E-state index contributed by atoms with van der Waals surface area (Å²) in [7, 11) is 1.63. The van der Waals surface area contributed by atoms with E-state index in [9.17, 15) is 4.79 Å². The van der Waals surface area contributed by atoms with Crippen LogP contribution in [0.4, 0.5) is 5.69 Å². The molecule has 0 aliphatic rings. The molecule has 0 atom stereocenters. The number of ether oxygens (including phenoxy) is 3. The normalized spacial score (nSPS) is 10.4. The largest absolute Gasteiger partial charge is 0.490 e. The second-order valence-corrected chi connectivity index (χ2v) is 7.76. The van der Waals surface area contributed by atoms with Gasteiger partial charge in [0.1, 0.15) is 12.4 Å². The Morgan fingerprint density at radius 3 is 2.37 bits per heavy atom. The Bertz CT molecular complexity index is 1330. The molecule has 0 aromatic heterocycles. The summed E-state index contributed by atoms with van der Waals surface area (Å²) in [5.74, 6) is 6.75. The van der Waals surface area contributed by atoms with Gasteiger partial charge < -0.3 is 19.5 Å². The number of anilines is 1. The molecule has 1 amide bonds. The van der Waals surface area contributed by atoms with E-state index in [1.165, 1.54) is 5.39 Å². The number of para-hydroxylation sites is 1. The maximum absolute atomic E-state index is 12.9. The van der Waals surface area contributed by atoms with Crippen molar-refractivity contribution >= 4 is 22.4 Å². The van der Waals surface area contributed by atoms with E-state index < -0.39 is 0 Å². The van der Waals surface area contributed by atoms with E-state index in [0.29, 0.717) is 43.4 Å². The Labute approximate surface area is 205 Å². The highest BCUT2D eigenvalue weighted by Gasteiger charge is 2.12. The first-order chi connectivity index (χ1) is 17.2. The minimum atomic E-state index is -0.240. The van der Waals surface area contributed by atoms with E-state index in [2.05, 4.69) is 35.4 Å². The lowest BCUT2D eigenvalue weighted by molar-refractivity contribution is 0.0542. The fraction of sp³-hybridized carbons (Fsp3) is 0.167. The number of benzene rings is 4. The molecular weight excluding hydrogens is 438 g/mol. The van der Waals surface area contributed by atoms with Gasteiger partial charge in [-0.15, -0.1) is 0 Å². The Kier molecular flexibility index (Phi) is 8.50. The topological polar surface area (TPSA) is 56.8 Å². The molecule has 0 spiro atoms. The van der Waals surface area contributed by atoms with Crippen molar-refractivity contribution in [2.75, 3.05) is 38.9 Å². The first-order valence-electron chi connectivity index (χ1n) is 11.4. The summed E-state index contributed by atoms with van der Waals surface area (Å²) < 4.78 is 16.1. The maximum Gasteiger partial charge on any atom is 0.259 e. The van der Waals surface area contributed by atoms with Crippen LogP contribution in [-0.2, 0) is 9.47 Å². The van der Waals surface area contributed by atoms with Gasteiger partial charge in [-0.3, -0.25) is 4.79 Å².